The van der Waals surface area contributed by atoms with Crippen molar-refractivity contribution in [3.63, 3.8) is 0 Å². The predicted molar refractivity (Wildman–Crippen MR) is 152 cm³/mol. The van der Waals surface area contributed by atoms with E-state index in [4.69, 9.17) is 20.6 Å². The van der Waals surface area contributed by atoms with Gasteiger partial charge in [0.1, 0.15) is 23.6 Å². The van der Waals surface area contributed by atoms with Crippen LogP contribution in [-0.4, -0.2) is 43.4 Å². The maximum atomic E-state index is 13.5. The molecule has 4 N–H and O–H groups in total. The maximum absolute atomic E-state index is 13.5. The Morgan fingerprint density at radius 2 is 1.69 bits per heavy atom. The fraction of sp³-hybridized carbons (Fsp3) is 0.241. The summed E-state index contributed by atoms with van der Waals surface area (Å²) in [4.78, 5) is 39.2. The summed E-state index contributed by atoms with van der Waals surface area (Å²) in [7, 11) is 1.27. The highest BCUT2D eigenvalue weighted by Gasteiger charge is 2.55. The molecule has 0 bridgehead atoms. The highest BCUT2D eigenvalue weighted by Crippen LogP contribution is 2.40. The molecule has 1 saturated heterocycles. The number of nitrogen functional groups attached to an aromatic ring is 1. The molecule has 0 saturated carbocycles. The minimum absolute atomic E-state index is 0. The Kier molecular flexibility index (Phi) is 8.98. The average molecular weight is 551 g/mol. The van der Waals surface area contributed by atoms with Gasteiger partial charge in [0.25, 0.3) is 0 Å². The van der Waals surface area contributed by atoms with Crippen molar-refractivity contribution >= 4 is 47.4 Å². The molecule has 0 unspecified atom stereocenters. The predicted octanol–water partition coefficient (Wildman–Crippen LogP) is 4.38. The van der Waals surface area contributed by atoms with Gasteiger partial charge in [-0.1, -0.05) is 42.5 Å². The first-order valence-electron chi connectivity index (χ1n) is 12.1. The van der Waals surface area contributed by atoms with E-state index in [-0.39, 0.29) is 43.1 Å². The molecule has 0 spiro atoms. The molecule has 1 aliphatic rings. The van der Waals surface area contributed by atoms with Crippen LogP contribution < -0.4 is 20.7 Å². The van der Waals surface area contributed by atoms with Crippen molar-refractivity contribution in [1.29, 1.82) is 5.41 Å². The number of hydrogen-bond acceptors (Lipinski definition) is 6. The van der Waals surface area contributed by atoms with Crippen LogP contribution >= 0.6 is 12.4 Å². The van der Waals surface area contributed by atoms with Gasteiger partial charge in [-0.15, -0.1) is 12.4 Å². The average Bonchev–Trinajstić information content (AvgIpc) is 3.17. The Bertz CT molecular complexity index is 1380. The third kappa shape index (κ3) is 6.21. The van der Waals surface area contributed by atoms with E-state index in [0.717, 1.165) is 11.1 Å². The number of rotatable bonds is 8. The number of carbonyl (C=O) groups is 3. The van der Waals surface area contributed by atoms with Crippen LogP contribution in [0.4, 0.5) is 11.4 Å². The van der Waals surface area contributed by atoms with Gasteiger partial charge in [-0.3, -0.25) is 19.8 Å². The number of benzene rings is 3. The first-order chi connectivity index (χ1) is 18.1. The van der Waals surface area contributed by atoms with Gasteiger partial charge in [0.15, 0.2) is 0 Å². The minimum atomic E-state index is -1.36. The summed E-state index contributed by atoms with van der Waals surface area (Å²) in [6.07, 6.45) is 0.212. The molecule has 0 radical (unpaired) electrons. The van der Waals surface area contributed by atoms with Crippen molar-refractivity contribution in [2.75, 3.05) is 23.9 Å². The van der Waals surface area contributed by atoms with Gasteiger partial charge in [-0.2, -0.15) is 0 Å². The van der Waals surface area contributed by atoms with Crippen LogP contribution in [0.3, 0.4) is 0 Å². The van der Waals surface area contributed by atoms with Gasteiger partial charge in [-0.25, -0.2) is 0 Å². The fourth-order valence-electron chi connectivity index (χ4n) is 4.65. The minimum Gasteiger partial charge on any atom is -0.491 e. The number of amides is 2. The van der Waals surface area contributed by atoms with Gasteiger partial charge in [0, 0.05) is 23.9 Å². The molecule has 204 valence electrons. The first kappa shape index (κ1) is 29.2. The van der Waals surface area contributed by atoms with Crippen LogP contribution in [0.5, 0.6) is 5.75 Å². The van der Waals surface area contributed by atoms with Gasteiger partial charge < -0.3 is 25.4 Å². The molecule has 1 fully saturated rings. The summed E-state index contributed by atoms with van der Waals surface area (Å²) in [5, 5.41) is 10.2. The zero-order chi connectivity index (χ0) is 27.4. The highest BCUT2D eigenvalue weighted by atomic mass is 35.5. The zero-order valence-corrected chi connectivity index (χ0v) is 22.7. The lowest BCUT2D eigenvalue weighted by Crippen LogP contribution is -2.41. The topological polar surface area (TPSA) is 135 Å². The Hall–Kier alpha value is -4.37. The van der Waals surface area contributed by atoms with E-state index < -0.39 is 17.4 Å². The summed E-state index contributed by atoms with van der Waals surface area (Å²) in [5.41, 5.74) is 7.87. The Morgan fingerprint density at radius 3 is 2.26 bits per heavy atom. The summed E-state index contributed by atoms with van der Waals surface area (Å²) in [6.45, 7) is 3.14. The van der Waals surface area contributed by atoms with Gasteiger partial charge in [0.2, 0.25) is 11.8 Å². The van der Waals surface area contributed by atoms with Crippen molar-refractivity contribution in [3.05, 3.63) is 78.4 Å². The number of nitrogens with one attached hydrogen (secondary N) is 2. The number of ether oxygens (including phenoxy) is 2. The van der Waals surface area contributed by atoms with Crippen molar-refractivity contribution in [2.45, 2.75) is 26.3 Å². The molecule has 4 rings (SSSR count). The molecular formula is C29H31ClN4O5. The Balaban J connectivity index is 0.00000420. The van der Waals surface area contributed by atoms with Gasteiger partial charge in [-0.05, 0) is 54.8 Å². The molecular weight excluding hydrogens is 520 g/mol. The van der Waals surface area contributed by atoms with Gasteiger partial charge in [0.05, 0.1) is 13.2 Å². The number of anilines is 2. The number of amidine groups is 1. The lowest BCUT2D eigenvalue weighted by Gasteiger charge is -2.26. The maximum Gasteiger partial charge on any atom is 0.321 e. The molecule has 3 aromatic rings. The van der Waals surface area contributed by atoms with E-state index in [9.17, 15) is 14.4 Å². The number of nitrogens with two attached hydrogens (primary N) is 1. The first-order valence-corrected chi connectivity index (χ1v) is 12.1. The molecule has 3 aromatic carbocycles. The molecule has 0 aromatic heterocycles. The number of carbonyl (C=O) groups excluding carboxylic acids is 3. The van der Waals surface area contributed by atoms with Crippen LogP contribution in [0.2, 0.25) is 0 Å². The second-order valence-electron chi connectivity index (χ2n) is 9.41. The molecule has 1 heterocycles. The van der Waals surface area contributed by atoms with Crippen LogP contribution in [0, 0.1) is 10.8 Å². The van der Waals surface area contributed by atoms with Crippen LogP contribution in [0.15, 0.2) is 72.8 Å². The third-order valence-electron chi connectivity index (χ3n) is 6.61. The smallest absolute Gasteiger partial charge is 0.321 e. The molecule has 2 amide bonds. The number of methoxy groups -OCH3 is 1. The molecule has 1 aliphatic heterocycles. The standard InChI is InChI=1S/C29H30N4O5.ClH/c1-18(34)32-22-5-4-6-23(15-22)33-24(16-29(2,27(33)35)28(36)37-3)17-38-25-13-11-20(12-14-25)19-7-9-21(10-8-19)26(30)31;/h4-15,24H,16-17H2,1-3H3,(H3,30,31)(H,32,34);1H/t24-,29-;/m0./s1. The SMILES string of the molecule is COC(=O)[C@@]1(C)C[C@@H](COc2ccc(-c3ccc(C(=N)N)cc3)cc2)N(c2cccc(NC(C)=O)c2)C1=O.Cl. The summed E-state index contributed by atoms with van der Waals surface area (Å²) < 4.78 is 11.0. The molecule has 39 heavy (non-hydrogen) atoms. The van der Waals surface area contributed by atoms with Crippen molar-refractivity contribution in [2.24, 2.45) is 11.1 Å². The van der Waals surface area contributed by atoms with Crippen molar-refractivity contribution < 1.29 is 23.9 Å². The summed E-state index contributed by atoms with van der Waals surface area (Å²) >= 11 is 0. The quantitative estimate of drug-likeness (QED) is 0.165. The molecule has 0 aliphatic carbocycles. The highest BCUT2D eigenvalue weighted by molar-refractivity contribution is 6.12. The van der Waals surface area contributed by atoms with E-state index in [2.05, 4.69) is 5.32 Å². The zero-order valence-electron chi connectivity index (χ0n) is 21.9. The Morgan fingerprint density at radius 1 is 1.08 bits per heavy atom. The van der Waals surface area contributed by atoms with E-state index in [0.29, 0.717) is 22.7 Å². The van der Waals surface area contributed by atoms with Crippen molar-refractivity contribution in [1.82, 2.24) is 0 Å². The second-order valence-corrected chi connectivity index (χ2v) is 9.41. The Labute approximate surface area is 233 Å². The third-order valence-corrected chi connectivity index (χ3v) is 6.61. The van der Waals surface area contributed by atoms with Crippen LogP contribution in [0.1, 0.15) is 25.8 Å². The summed E-state index contributed by atoms with van der Waals surface area (Å²) in [6, 6.07) is 21.4. The fourth-order valence-corrected chi connectivity index (χ4v) is 4.65. The van der Waals surface area contributed by atoms with Gasteiger partial charge >= 0.3 is 5.97 Å². The number of hydrogen-bond donors (Lipinski definition) is 3. The van der Waals surface area contributed by atoms with E-state index in [1.165, 1.54) is 14.0 Å². The number of esters is 1. The lowest BCUT2D eigenvalue weighted by atomic mass is 9.87. The normalized spacial score (nSPS) is 18.2. The largest absolute Gasteiger partial charge is 0.491 e. The summed E-state index contributed by atoms with van der Waals surface area (Å²) in [5.74, 6) is -0.590. The van der Waals surface area contributed by atoms with E-state index in [1.807, 2.05) is 36.4 Å². The number of nitrogens with zero attached hydrogens (tertiary/aromatic N) is 1. The van der Waals surface area contributed by atoms with E-state index in [1.54, 1.807) is 48.2 Å². The van der Waals surface area contributed by atoms with Crippen LogP contribution in [0.25, 0.3) is 11.1 Å². The van der Waals surface area contributed by atoms with E-state index >= 15 is 0 Å². The number of halogens is 1. The molecule has 9 nitrogen and oxygen atoms in total. The van der Waals surface area contributed by atoms with Crippen molar-refractivity contribution in [3.8, 4) is 16.9 Å². The van der Waals surface area contributed by atoms with Crippen LogP contribution in [-0.2, 0) is 19.1 Å². The lowest BCUT2D eigenvalue weighted by molar-refractivity contribution is -0.155. The molecule has 10 heteroatoms. The molecule has 2 atom stereocenters. The monoisotopic (exact) mass is 550 g/mol. The second kappa shape index (κ2) is 12.0.